The van der Waals surface area contributed by atoms with Gasteiger partial charge in [-0.2, -0.15) is 0 Å². The van der Waals surface area contributed by atoms with E-state index in [9.17, 15) is 4.79 Å². The predicted molar refractivity (Wildman–Crippen MR) is 97.0 cm³/mol. The van der Waals surface area contributed by atoms with Gasteiger partial charge in [-0.3, -0.25) is 4.79 Å². The molecule has 0 unspecified atom stereocenters. The van der Waals surface area contributed by atoms with Crippen LogP contribution in [0.15, 0.2) is 42.0 Å². The molecule has 1 aromatic rings. The number of nitrogens with one attached hydrogen (secondary N) is 2. The molecule has 3 nitrogen and oxygen atoms in total. The van der Waals surface area contributed by atoms with Crippen molar-refractivity contribution in [1.29, 1.82) is 0 Å². The Labute approximate surface area is 145 Å². The van der Waals surface area contributed by atoms with Gasteiger partial charge in [0.2, 0.25) is 5.91 Å². The van der Waals surface area contributed by atoms with Crippen molar-refractivity contribution in [2.75, 3.05) is 19.6 Å². The number of carbonyl (C=O) groups excluding carboxylic acids is 1. The van der Waals surface area contributed by atoms with Crippen LogP contribution in [0, 0.1) is 5.92 Å². The van der Waals surface area contributed by atoms with Crippen molar-refractivity contribution in [1.82, 2.24) is 10.6 Å². The van der Waals surface area contributed by atoms with Crippen LogP contribution < -0.4 is 10.6 Å². The van der Waals surface area contributed by atoms with Crippen LogP contribution in [0.25, 0.3) is 0 Å². The van der Waals surface area contributed by atoms with Gasteiger partial charge < -0.3 is 10.6 Å². The van der Waals surface area contributed by atoms with Crippen molar-refractivity contribution >= 4 is 18.3 Å². The molecule has 1 aliphatic carbocycles. The third kappa shape index (κ3) is 5.08. The topological polar surface area (TPSA) is 41.1 Å². The maximum Gasteiger partial charge on any atom is 0.223 e. The Hall–Kier alpha value is -1.32. The second-order valence-electron chi connectivity index (χ2n) is 6.49. The van der Waals surface area contributed by atoms with Gasteiger partial charge in [-0.05, 0) is 50.1 Å². The van der Waals surface area contributed by atoms with E-state index in [2.05, 4.69) is 47.0 Å². The fourth-order valence-electron chi connectivity index (χ4n) is 3.59. The molecule has 0 spiro atoms. The standard InChI is InChI=1S/C19H26N2O.ClH/c22-19(21-14-15-10-12-20-13-11-15)18-8-6-17(7-9-18)16-4-2-1-3-5-16;/h1-5,10,17-18,20H,6-9,11-14H2,(H,21,22);1H. The smallest absolute Gasteiger partial charge is 0.223 e. The molecule has 0 bridgehead atoms. The van der Waals surface area contributed by atoms with Crippen LogP contribution in [0.2, 0.25) is 0 Å². The number of benzene rings is 1. The summed E-state index contributed by atoms with van der Waals surface area (Å²) in [7, 11) is 0. The molecule has 0 aromatic heterocycles. The summed E-state index contributed by atoms with van der Waals surface area (Å²) < 4.78 is 0. The summed E-state index contributed by atoms with van der Waals surface area (Å²) in [5.41, 5.74) is 2.80. The van der Waals surface area contributed by atoms with E-state index in [1.807, 2.05) is 0 Å². The average Bonchev–Trinajstić information content (AvgIpc) is 2.61. The summed E-state index contributed by atoms with van der Waals surface area (Å²) in [4.78, 5) is 12.3. The molecule has 1 aromatic carbocycles. The van der Waals surface area contributed by atoms with E-state index in [0.717, 1.165) is 51.7 Å². The highest BCUT2D eigenvalue weighted by molar-refractivity contribution is 5.85. The first-order valence-electron chi connectivity index (χ1n) is 8.54. The highest BCUT2D eigenvalue weighted by atomic mass is 35.5. The maximum absolute atomic E-state index is 12.3. The molecule has 0 saturated heterocycles. The molecule has 2 aliphatic rings. The van der Waals surface area contributed by atoms with Crippen LogP contribution >= 0.6 is 12.4 Å². The van der Waals surface area contributed by atoms with Crippen molar-refractivity contribution in [2.45, 2.75) is 38.0 Å². The zero-order chi connectivity index (χ0) is 15.2. The van der Waals surface area contributed by atoms with Crippen molar-refractivity contribution in [2.24, 2.45) is 5.92 Å². The maximum atomic E-state index is 12.3. The van der Waals surface area contributed by atoms with Crippen LogP contribution in [0.3, 0.4) is 0 Å². The third-order valence-electron chi connectivity index (χ3n) is 5.02. The summed E-state index contributed by atoms with van der Waals surface area (Å²) >= 11 is 0. The van der Waals surface area contributed by atoms with E-state index in [-0.39, 0.29) is 24.2 Å². The zero-order valence-electron chi connectivity index (χ0n) is 13.6. The first-order chi connectivity index (χ1) is 10.8. The Morgan fingerprint density at radius 1 is 1.13 bits per heavy atom. The summed E-state index contributed by atoms with van der Waals surface area (Å²) in [6.07, 6.45) is 7.57. The van der Waals surface area contributed by atoms with Gasteiger partial charge in [0.15, 0.2) is 0 Å². The molecule has 23 heavy (non-hydrogen) atoms. The van der Waals surface area contributed by atoms with E-state index in [1.54, 1.807) is 0 Å². The average molecular weight is 335 g/mol. The number of halogens is 1. The Bertz CT molecular complexity index is 521. The van der Waals surface area contributed by atoms with Crippen molar-refractivity contribution in [3.05, 3.63) is 47.5 Å². The molecule has 3 rings (SSSR count). The Morgan fingerprint density at radius 3 is 2.52 bits per heavy atom. The lowest BCUT2D eigenvalue weighted by atomic mass is 9.78. The number of rotatable bonds is 4. The Morgan fingerprint density at radius 2 is 1.87 bits per heavy atom. The zero-order valence-corrected chi connectivity index (χ0v) is 14.4. The monoisotopic (exact) mass is 334 g/mol. The minimum atomic E-state index is 0. The molecule has 0 atom stereocenters. The van der Waals surface area contributed by atoms with Crippen LogP contribution in [0.1, 0.15) is 43.6 Å². The SMILES string of the molecule is Cl.O=C(NCC1=CCNCC1)C1CCC(c2ccccc2)CC1. The van der Waals surface area contributed by atoms with E-state index in [1.165, 1.54) is 11.1 Å². The van der Waals surface area contributed by atoms with Crippen molar-refractivity contribution < 1.29 is 4.79 Å². The van der Waals surface area contributed by atoms with Crippen LogP contribution in [-0.4, -0.2) is 25.5 Å². The molecule has 1 amide bonds. The number of hydrogen-bond acceptors (Lipinski definition) is 2. The van der Waals surface area contributed by atoms with E-state index >= 15 is 0 Å². The lowest BCUT2D eigenvalue weighted by molar-refractivity contribution is -0.125. The second-order valence-corrected chi connectivity index (χ2v) is 6.49. The van der Waals surface area contributed by atoms with Crippen LogP contribution in [0.5, 0.6) is 0 Å². The van der Waals surface area contributed by atoms with Crippen LogP contribution in [-0.2, 0) is 4.79 Å². The summed E-state index contributed by atoms with van der Waals surface area (Å²) in [6, 6.07) is 10.7. The lowest BCUT2D eigenvalue weighted by Crippen LogP contribution is -2.35. The minimum absolute atomic E-state index is 0. The molecule has 1 aliphatic heterocycles. The van der Waals surface area contributed by atoms with E-state index < -0.39 is 0 Å². The number of hydrogen-bond donors (Lipinski definition) is 2. The highest BCUT2D eigenvalue weighted by Crippen LogP contribution is 2.35. The molecule has 1 fully saturated rings. The summed E-state index contributed by atoms with van der Waals surface area (Å²) in [5.74, 6) is 1.10. The molecule has 4 heteroatoms. The largest absolute Gasteiger partial charge is 0.352 e. The molecule has 2 N–H and O–H groups in total. The van der Waals surface area contributed by atoms with Gasteiger partial charge in [0.05, 0.1) is 0 Å². The predicted octanol–water partition coefficient (Wildman–Crippen LogP) is 3.42. The van der Waals surface area contributed by atoms with Gasteiger partial charge in [0, 0.05) is 19.0 Å². The first kappa shape index (κ1) is 18.0. The van der Waals surface area contributed by atoms with Gasteiger partial charge in [-0.25, -0.2) is 0 Å². The van der Waals surface area contributed by atoms with Gasteiger partial charge >= 0.3 is 0 Å². The molecule has 1 saturated carbocycles. The van der Waals surface area contributed by atoms with Gasteiger partial charge in [0.1, 0.15) is 0 Å². The minimum Gasteiger partial charge on any atom is -0.352 e. The fourth-order valence-corrected chi connectivity index (χ4v) is 3.59. The third-order valence-corrected chi connectivity index (χ3v) is 5.02. The summed E-state index contributed by atoms with van der Waals surface area (Å²) in [5, 5.41) is 6.44. The van der Waals surface area contributed by atoms with Crippen molar-refractivity contribution in [3.8, 4) is 0 Å². The molecule has 0 radical (unpaired) electrons. The second kappa shape index (κ2) is 9.09. The highest BCUT2D eigenvalue weighted by Gasteiger charge is 2.26. The van der Waals surface area contributed by atoms with Gasteiger partial charge in [0.25, 0.3) is 0 Å². The van der Waals surface area contributed by atoms with E-state index in [4.69, 9.17) is 0 Å². The molecule has 1 heterocycles. The first-order valence-corrected chi connectivity index (χ1v) is 8.54. The fraction of sp³-hybridized carbons (Fsp3) is 0.526. The molecular formula is C19H27ClN2O. The quantitative estimate of drug-likeness (QED) is 0.828. The normalized spacial score (nSPS) is 24.3. The number of amides is 1. The van der Waals surface area contributed by atoms with E-state index in [0.29, 0.717) is 5.92 Å². The Balaban J connectivity index is 0.00000192. The summed E-state index contributed by atoms with van der Waals surface area (Å²) in [6.45, 7) is 2.70. The molecule has 126 valence electrons. The molecular weight excluding hydrogens is 308 g/mol. The van der Waals surface area contributed by atoms with Gasteiger partial charge in [-0.15, -0.1) is 12.4 Å². The lowest BCUT2D eigenvalue weighted by Gasteiger charge is -2.28. The van der Waals surface area contributed by atoms with Crippen molar-refractivity contribution in [3.63, 3.8) is 0 Å². The number of carbonyl (C=O) groups is 1. The van der Waals surface area contributed by atoms with Gasteiger partial charge in [-0.1, -0.05) is 42.0 Å². The van der Waals surface area contributed by atoms with Crippen LogP contribution in [0.4, 0.5) is 0 Å². The Kier molecular flexibility index (Phi) is 7.13.